The Morgan fingerprint density at radius 3 is 2.45 bits per heavy atom. The minimum absolute atomic E-state index is 0.109. The molecule has 1 saturated heterocycles. The Labute approximate surface area is 200 Å². The van der Waals surface area contributed by atoms with Crippen molar-refractivity contribution in [1.82, 2.24) is 14.5 Å². The molecule has 5 nitrogen and oxygen atoms in total. The molecule has 0 spiro atoms. The van der Waals surface area contributed by atoms with Crippen LogP contribution in [-0.2, 0) is 11.3 Å². The summed E-state index contributed by atoms with van der Waals surface area (Å²) < 4.78 is 17.1. The van der Waals surface area contributed by atoms with Crippen molar-refractivity contribution in [3.63, 3.8) is 0 Å². The molecule has 1 fully saturated rings. The van der Waals surface area contributed by atoms with Gasteiger partial charge in [-0.3, -0.25) is 14.3 Å². The monoisotopic (exact) mass is 506 g/mol. The van der Waals surface area contributed by atoms with Crippen molar-refractivity contribution in [3.8, 4) is 5.69 Å². The number of aromatic nitrogens is 2. The van der Waals surface area contributed by atoms with Gasteiger partial charge in [0.1, 0.15) is 11.6 Å². The van der Waals surface area contributed by atoms with Crippen LogP contribution in [0.4, 0.5) is 10.1 Å². The number of piperidine rings is 1. The lowest BCUT2D eigenvalue weighted by Gasteiger charge is -2.31. The molecular formula is C26H24BrFN4O. The summed E-state index contributed by atoms with van der Waals surface area (Å²) in [7, 11) is 0. The van der Waals surface area contributed by atoms with Crippen LogP contribution in [0, 0.1) is 11.7 Å². The maximum atomic E-state index is 13.9. The summed E-state index contributed by atoms with van der Waals surface area (Å²) in [5, 5.41) is 2.74. The third-order valence-corrected chi connectivity index (χ3v) is 6.70. The molecule has 33 heavy (non-hydrogen) atoms. The number of imidazole rings is 1. The molecule has 1 amide bonds. The number of likely N-dealkylation sites (tertiary alicyclic amines) is 1. The predicted octanol–water partition coefficient (Wildman–Crippen LogP) is 5.78. The van der Waals surface area contributed by atoms with Gasteiger partial charge in [0.15, 0.2) is 0 Å². The number of hydrogen-bond acceptors (Lipinski definition) is 3. The quantitative estimate of drug-likeness (QED) is 0.373. The van der Waals surface area contributed by atoms with Crippen molar-refractivity contribution in [2.75, 3.05) is 18.4 Å². The Morgan fingerprint density at radius 1 is 1.00 bits per heavy atom. The predicted molar refractivity (Wildman–Crippen MR) is 132 cm³/mol. The van der Waals surface area contributed by atoms with Gasteiger partial charge in [0.25, 0.3) is 0 Å². The number of nitrogens with zero attached hydrogens (tertiary/aromatic N) is 3. The fourth-order valence-electron chi connectivity index (χ4n) is 4.41. The minimum Gasteiger partial charge on any atom is -0.323 e. The summed E-state index contributed by atoms with van der Waals surface area (Å²) in [6.07, 6.45) is 1.47. The molecule has 0 atom stereocenters. The molecule has 1 aromatic heterocycles. The summed E-state index contributed by atoms with van der Waals surface area (Å²) in [6.45, 7) is 2.28. The second-order valence-corrected chi connectivity index (χ2v) is 9.26. The van der Waals surface area contributed by atoms with Crippen molar-refractivity contribution >= 4 is 38.6 Å². The van der Waals surface area contributed by atoms with E-state index in [0.717, 1.165) is 52.9 Å². The fraction of sp³-hybridized carbons (Fsp3) is 0.231. The van der Waals surface area contributed by atoms with Gasteiger partial charge in [-0.15, -0.1) is 0 Å². The van der Waals surface area contributed by atoms with Crippen LogP contribution in [0.3, 0.4) is 0 Å². The molecule has 1 aliphatic heterocycles. The Balaban J connectivity index is 1.30. The van der Waals surface area contributed by atoms with Crippen molar-refractivity contribution < 1.29 is 9.18 Å². The maximum absolute atomic E-state index is 13.9. The van der Waals surface area contributed by atoms with Crippen LogP contribution in [-0.4, -0.2) is 33.4 Å². The summed E-state index contributed by atoms with van der Waals surface area (Å²) in [5.74, 6) is 0.343. The molecule has 0 aliphatic carbocycles. The number of anilines is 1. The standard InChI is InChI=1S/C26H24BrFN4O/c27-19-9-11-20(12-10-19)32-24-8-4-3-7-23(24)29-25(32)17-31-15-13-18(14-16-31)26(33)30-22-6-2-1-5-21(22)28/h1-12,18H,13-17H2,(H,30,33). The molecule has 3 aromatic carbocycles. The van der Waals surface area contributed by atoms with Gasteiger partial charge in [0.2, 0.25) is 5.91 Å². The molecule has 0 unspecified atom stereocenters. The van der Waals surface area contributed by atoms with Crippen molar-refractivity contribution in [2.45, 2.75) is 19.4 Å². The van der Waals surface area contributed by atoms with E-state index in [4.69, 9.17) is 4.98 Å². The molecule has 1 aliphatic rings. The number of carbonyl (C=O) groups is 1. The molecule has 4 aromatic rings. The second-order valence-electron chi connectivity index (χ2n) is 8.35. The Kier molecular flexibility index (Phi) is 6.24. The van der Waals surface area contributed by atoms with Crippen LogP contribution in [0.15, 0.2) is 77.3 Å². The number of hydrogen-bond donors (Lipinski definition) is 1. The minimum atomic E-state index is -0.407. The van der Waals surface area contributed by atoms with E-state index in [2.05, 4.69) is 48.9 Å². The van der Waals surface area contributed by atoms with Gasteiger partial charge in [-0.1, -0.05) is 40.2 Å². The average Bonchev–Trinajstić information content (AvgIpc) is 3.19. The zero-order valence-corrected chi connectivity index (χ0v) is 19.6. The number of fused-ring (bicyclic) bond motifs is 1. The lowest BCUT2D eigenvalue weighted by Crippen LogP contribution is -2.38. The molecule has 0 radical (unpaired) electrons. The summed E-state index contributed by atoms with van der Waals surface area (Å²) >= 11 is 3.51. The highest BCUT2D eigenvalue weighted by atomic mass is 79.9. The number of rotatable bonds is 5. The molecule has 168 valence electrons. The zero-order valence-electron chi connectivity index (χ0n) is 18.0. The second kappa shape index (κ2) is 9.45. The topological polar surface area (TPSA) is 50.2 Å². The van der Waals surface area contributed by atoms with Crippen LogP contribution in [0.1, 0.15) is 18.7 Å². The molecule has 1 N–H and O–H groups in total. The van der Waals surface area contributed by atoms with E-state index in [-0.39, 0.29) is 17.5 Å². The van der Waals surface area contributed by atoms with Gasteiger partial charge in [-0.2, -0.15) is 0 Å². The Hall–Kier alpha value is -3.03. The highest BCUT2D eigenvalue weighted by molar-refractivity contribution is 9.10. The van der Waals surface area contributed by atoms with E-state index in [1.165, 1.54) is 6.07 Å². The Morgan fingerprint density at radius 2 is 1.70 bits per heavy atom. The number of para-hydroxylation sites is 3. The van der Waals surface area contributed by atoms with Crippen molar-refractivity contribution in [1.29, 1.82) is 0 Å². The van der Waals surface area contributed by atoms with E-state index >= 15 is 0 Å². The van der Waals surface area contributed by atoms with Gasteiger partial charge in [0.05, 0.1) is 23.3 Å². The molecule has 7 heteroatoms. The smallest absolute Gasteiger partial charge is 0.227 e. The first-order valence-electron chi connectivity index (χ1n) is 11.1. The average molecular weight is 507 g/mol. The van der Waals surface area contributed by atoms with E-state index < -0.39 is 5.82 Å². The first kappa shape index (κ1) is 21.8. The zero-order chi connectivity index (χ0) is 22.8. The summed E-state index contributed by atoms with van der Waals surface area (Å²) in [6, 6.07) is 22.7. The van der Waals surface area contributed by atoms with E-state index in [1.54, 1.807) is 18.2 Å². The number of benzene rings is 3. The lowest BCUT2D eigenvalue weighted by molar-refractivity contribution is -0.121. The molecular weight excluding hydrogens is 483 g/mol. The third kappa shape index (κ3) is 4.70. The van der Waals surface area contributed by atoms with Gasteiger partial charge in [0, 0.05) is 16.1 Å². The highest BCUT2D eigenvalue weighted by Gasteiger charge is 2.26. The van der Waals surface area contributed by atoms with Crippen molar-refractivity contribution in [3.05, 3.63) is 88.9 Å². The highest BCUT2D eigenvalue weighted by Crippen LogP contribution is 2.26. The third-order valence-electron chi connectivity index (χ3n) is 6.17. The lowest BCUT2D eigenvalue weighted by atomic mass is 9.95. The molecule has 2 heterocycles. The van der Waals surface area contributed by atoms with E-state index in [1.807, 2.05) is 30.3 Å². The molecule has 0 saturated carbocycles. The SMILES string of the molecule is O=C(Nc1ccccc1F)C1CCN(Cc2nc3ccccc3n2-c2ccc(Br)cc2)CC1. The van der Waals surface area contributed by atoms with Crippen LogP contribution < -0.4 is 5.32 Å². The first-order valence-corrected chi connectivity index (χ1v) is 11.9. The fourth-order valence-corrected chi connectivity index (χ4v) is 4.68. The van der Waals surface area contributed by atoms with Crippen LogP contribution in [0.2, 0.25) is 0 Å². The Bertz CT molecular complexity index is 1280. The summed E-state index contributed by atoms with van der Waals surface area (Å²) in [5.41, 5.74) is 3.36. The van der Waals surface area contributed by atoms with E-state index in [9.17, 15) is 9.18 Å². The van der Waals surface area contributed by atoms with E-state index in [0.29, 0.717) is 6.54 Å². The van der Waals surface area contributed by atoms with Gasteiger partial charge in [-0.25, -0.2) is 9.37 Å². The maximum Gasteiger partial charge on any atom is 0.227 e. The van der Waals surface area contributed by atoms with Crippen molar-refractivity contribution in [2.24, 2.45) is 5.92 Å². The number of amides is 1. The van der Waals surface area contributed by atoms with Gasteiger partial charge < -0.3 is 5.32 Å². The van der Waals surface area contributed by atoms with Crippen LogP contribution in [0.5, 0.6) is 0 Å². The normalized spacial score (nSPS) is 15.1. The number of carbonyl (C=O) groups excluding carboxylic acids is 1. The van der Waals surface area contributed by atoms with Crippen LogP contribution in [0.25, 0.3) is 16.7 Å². The van der Waals surface area contributed by atoms with Gasteiger partial charge in [-0.05, 0) is 74.5 Å². The number of halogens is 2. The summed E-state index contributed by atoms with van der Waals surface area (Å²) in [4.78, 5) is 19.9. The molecule has 0 bridgehead atoms. The first-order chi connectivity index (χ1) is 16.1. The number of nitrogens with one attached hydrogen (secondary N) is 1. The molecule has 5 rings (SSSR count). The van der Waals surface area contributed by atoms with Gasteiger partial charge >= 0.3 is 0 Å². The largest absolute Gasteiger partial charge is 0.323 e. The van der Waals surface area contributed by atoms with Crippen LogP contribution >= 0.6 is 15.9 Å².